The second-order valence-electron chi connectivity index (χ2n) is 4.61. The molecule has 0 bridgehead atoms. The highest BCUT2D eigenvalue weighted by molar-refractivity contribution is 5.90. The van der Waals surface area contributed by atoms with Crippen LogP contribution in [-0.4, -0.2) is 24.0 Å². The van der Waals surface area contributed by atoms with E-state index in [1.54, 1.807) is 11.0 Å². The maximum Gasteiger partial charge on any atom is 0.321 e. The van der Waals surface area contributed by atoms with Gasteiger partial charge in [0.2, 0.25) is 0 Å². The van der Waals surface area contributed by atoms with Crippen molar-refractivity contribution < 1.29 is 9.18 Å². The molecule has 2 rings (SSSR count). The number of carbonyl (C=O) groups excluding carboxylic acids is 1. The Morgan fingerprint density at radius 2 is 1.95 bits per heavy atom. The van der Waals surface area contributed by atoms with Crippen molar-refractivity contribution in [3.63, 3.8) is 0 Å². The third kappa shape index (κ3) is 3.22. The van der Waals surface area contributed by atoms with Crippen molar-refractivity contribution in [3.05, 3.63) is 29.6 Å². The molecule has 1 aliphatic heterocycles. The summed E-state index contributed by atoms with van der Waals surface area (Å²) in [5.41, 5.74) is 0.113. The Balaban J connectivity index is 2.10. The van der Waals surface area contributed by atoms with Gasteiger partial charge < -0.3 is 10.2 Å². The molecule has 5 heteroatoms. The molecule has 0 spiro atoms. The standard InChI is InChI=1S/C14H16FN3O/c15-12-6-5-7-13(11(12)10-16)17-14(19)18-8-3-1-2-4-9-18/h5-7H,1-4,8-9H2,(H,17,19). The number of rotatable bonds is 1. The number of nitrogens with zero attached hydrogens (tertiary/aromatic N) is 2. The van der Waals surface area contributed by atoms with Crippen LogP contribution in [0, 0.1) is 17.1 Å². The molecule has 0 atom stereocenters. The lowest BCUT2D eigenvalue weighted by Crippen LogP contribution is -2.35. The van der Waals surface area contributed by atoms with E-state index in [0.717, 1.165) is 25.7 Å². The molecule has 1 N–H and O–H groups in total. The molecule has 0 radical (unpaired) electrons. The topological polar surface area (TPSA) is 56.1 Å². The molecule has 0 aromatic heterocycles. The van der Waals surface area contributed by atoms with Crippen molar-refractivity contribution in [2.24, 2.45) is 0 Å². The zero-order valence-electron chi connectivity index (χ0n) is 10.7. The Bertz CT molecular complexity index is 502. The van der Waals surface area contributed by atoms with Gasteiger partial charge in [-0.15, -0.1) is 0 Å². The number of halogens is 1. The van der Waals surface area contributed by atoms with Crippen LogP contribution >= 0.6 is 0 Å². The number of nitrogens with one attached hydrogen (secondary N) is 1. The number of carbonyl (C=O) groups is 1. The third-order valence-corrected chi connectivity index (χ3v) is 3.26. The third-order valence-electron chi connectivity index (χ3n) is 3.26. The van der Waals surface area contributed by atoms with Gasteiger partial charge in [0.1, 0.15) is 17.4 Å². The van der Waals surface area contributed by atoms with E-state index in [0.29, 0.717) is 13.1 Å². The highest BCUT2D eigenvalue weighted by atomic mass is 19.1. The van der Waals surface area contributed by atoms with Crippen LogP contribution in [0.3, 0.4) is 0 Å². The molecule has 0 unspecified atom stereocenters. The predicted octanol–water partition coefficient (Wildman–Crippen LogP) is 3.11. The Morgan fingerprint density at radius 3 is 2.58 bits per heavy atom. The predicted molar refractivity (Wildman–Crippen MR) is 70.2 cm³/mol. The summed E-state index contributed by atoms with van der Waals surface area (Å²) in [5.74, 6) is -0.615. The summed E-state index contributed by atoms with van der Waals surface area (Å²) < 4.78 is 13.4. The van der Waals surface area contributed by atoms with Crippen LogP contribution < -0.4 is 5.32 Å². The Labute approximate surface area is 111 Å². The highest BCUT2D eigenvalue weighted by Crippen LogP contribution is 2.19. The number of likely N-dealkylation sites (tertiary alicyclic amines) is 1. The minimum absolute atomic E-state index is 0.120. The zero-order chi connectivity index (χ0) is 13.7. The van der Waals surface area contributed by atoms with E-state index in [1.165, 1.54) is 18.2 Å². The number of hydrogen-bond acceptors (Lipinski definition) is 2. The quantitative estimate of drug-likeness (QED) is 0.844. The maximum atomic E-state index is 13.4. The van der Waals surface area contributed by atoms with E-state index in [-0.39, 0.29) is 17.3 Å². The summed E-state index contributed by atoms with van der Waals surface area (Å²) >= 11 is 0. The fourth-order valence-corrected chi connectivity index (χ4v) is 2.21. The molecule has 0 aliphatic carbocycles. The smallest absolute Gasteiger partial charge is 0.321 e. The van der Waals surface area contributed by atoms with Crippen molar-refractivity contribution in [1.29, 1.82) is 5.26 Å². The summed E-state index contributed by atoms with van der Waals surface area (Å²) in [7, 11) is 0. The van der Waals surface area contributed by atoms with Gasteiger partial charge in [0.25, 0.3) is 0 Å². The molecular formula is C14H16FN3O. The monoisotopic (exact) mass is 261 g/mol. The SMILES string of the molecule is N#Cc1c(F)cccc1NC(=O)N1CCCCCC1. The van der Waals surface area contributed by atoms with Gasteiger partial charge in [-0.05, 0) is 25.0 Å². The first-order chi connectivity index (χ1) is 9.22. The highest BCUT2D eigenvalue weighted by Gasteiger charge is 2.17. The average Bonchev–Trinajstić information content (AvgIpc) is 2.68. The van der Waals surface area contributed by atoms with Gasteiger partial charge in [0.05, 0.1) is 5.69 Å². The molecule has 1 saturated heterocycles. The Morgan fingerprint density at radius 1 is 1.26 bits per heavy atom. The Hall–Kier alpha value is -2.09. The first-order valence-electron chi connectivity index (χ1n) is 6.47. The first-order valence-corrected chi connectivity index (χ1v) is 6.47. The summed E-state index contributed by atoms with van der Waals surface area (Å²) in [4.78, 5) is 13.8. The van der Waals surface area contributed by atoms with Gasteiger partial charge in [-0.25, -0.2) is 9.18 Å². The first kappa shape index (κ1) is 13.3. The van der Waals surface area contributed by atoms with Gasteiger partial charge in [0.15, 0.2) is 0 Å². The van der Waals surface area contributed by atoms with Crippen molar-refractivity contribution in [3.8, 4) is 6.07 Å². The van der Waals surface area contributed by atoms with E-state index in [2.05, 4.69) is 5.32 Å². The molecule has 1 fully saturated rings. The second kappa shape index (κ2) is 6.19. The van der Waals surface area contributed by atoms with Crippen molar-refractivity contribution in [2.45, 2.75) is 25.7 Å². The summed E-state index contributed by atoms with van der Waals surface area (Å²) in [6, 6.07) is 5.74. The normalized spacial score (nSPS) is 15.5. The van der Waals surface area contributed by atoms with Gasteiger partial charge in [-0.3, -0.25) is 0 Å². The van der Waals surface area contributed by atoms with Crippen molar-refractivity contribution in [1.82, 2.24) is 4.90 Å². The number of urea groups is 1. The molecule has 1 aromatic carbocycles. The number of nitriles is 1. The fraction of sp³-hybridized carbons (Fsp3) is 0.429. The van der Waals surface area contributed by atoms with Crippen LogP contribution in [-0.2, 0) is 0 Å². The number of benzene rings is 1. The summed E-state index contributed by atoms with van der Waals surface area (Å²) in [6.07, 6.45) is 4.24. The van der Waals surface area contributed by atoms with Gasteiger partial charge in [-0.2, -0.15) is 5.26 Å². The van der Waals surface area contributed by atoms with Crippen LogP contribution in [0.1, 0.15) is 31.2 Å². The molecule has 1 heterocycles. The molecular weight excluding hydrogens is 245 g/mol. The van der Waals surface area contributed by atoms with E-state index in [9.17, 15) is 9.18 Å². The zero-order valence-corrected chi connectivity index (χ0v) is 10.7. The summed E-state index contributed by atoms with van der Waals surface area (Å²) in [5, 5.41) is 11.5. The molecule has 100 valence electrons. The van der Waals surface area contributed by atoms with Gasteiger partial charge in [-0.1, -0.05) is 18.9 Å². The molecule has 1 aliphatic rings. The molecule has 0 saturated carbocycles. The lowest BCUT2D eigenvalue weighted by atomic mass is 10.2. The van der Waals surface area contributed by atoms with E-state index in [1.807, 2.05) is 0 Å². The van der Waals surface area contributed by atoms with E-state index >= 15 is 0 Å². The van der Waals surface area contributed by atoms with Gasteiger partial charge >= 0.3 is 6.03 Å². The van der Waals surface area contributed by atoms with E-state index in [4.69, 9.17) is 5.26 Å². The molecule has 2 amide bonds. The number of anilines is 1. The lowest BCUT2D eigenvalue weighted by Gasteiger charge is -2.21. The fourth-order valence-electron chi connectivity index (χ4n) is 2.21. The lowest BCUT2D eigenvalue weighted by molar-refractivity contribution is 0.214. The minimum atomic E-state index is -0.615. The van der Waals surface area contributed by atoms with Crippen LogP contribution in [0.5, 0.6) is 0 Å². The molecule has 19 heavy (non-hydrogen) atoms. The largest absolute Gasteiger partial charge is 0.325 e. The summed E-state index contributed by atoms with van der Waals surface area (Å²) in [6.45, 7) is 1.42. The van der Waals surface area contributed by atoms with E-state index < -0.39 is 5.82 Å². The minimum Gasteiger partial charge on any atom is -0.325 e. The van der Waals surface area contributed by atoms with Crippen LogP contribution in [0.2, 0.25) is 0 Å². The van der Waals surface area contributed by atoms with Crippen LogP contribution in [0.15, 0.2) is 18.2 Å². The average molecular weight is 261 g/mol. The molecule has 4 nitrogen and oxygen atoms in total. The molecule has 1 aromatic rings. The second-order valence-corrected chi connectivity index (χ2v) is 4.61. The van der Waals surface area contributed by atoms with Crippen LogP contribution in [0.25, 0.3) is 0 Å². The van der Waals surface area contributed by atoms with Crippen LogP contribution in [0.4, 0.5) is 14.9 Å². The van der Waals surface area contributed by atoms with Gasteiger partial charge in [0, 0.05) is 13.1 Å². The maximum absolute atomic E-state index is 13.4. The number of hydrogen-bond donors (Lipinski definition) is 1. The Kier molecular flexibility index (Phi) is 4.35. The number of amides is 2. The van der Waals surface area contributed by atoms with Crippen molar-refractivity contribution in [2.75, 3.05) is 18.4 Å². The van der Waals surface area contributed by atoms with Crippen molar-refractivity contribution >= 4 is 11.7 Å².